The van der Waals surface area contributed by atoms with Gasteiger partial charge in [-0.05, 0) is 56.5 Å². The van der Waals surface area contributed by atoms with Crippen molar-refractivity contribution in [2.45, 2.75) is 32.2 Å². The molecule has 0 aliphatic carbocycles. The van der Waals surface area contributed by atoms with E-state index in [1.165, 1.54) is 28.6 Å². The minimum Gasteiger partial charge on any atom is -0.369 e. The van der Waals surface area contributed by atoms with Gasteiger partial charge >= 0.3 is 0 Å². The van der Waals surface area contributed by atoms with Crippen molar-refractivity contribution in [3.05, 3.63) is 58.9 Å². The molecule has 1 unspecified atom stereocenters. The summed E-state index contributed by atoms with van der Waals surface area (Å²) in [5, 5.41) is 2.65. The van der Waals surface area contributed by atoms with Crippen LogP contribution in [0.2, 0.25) is 0 Å². The maximum absolute atomic E-state index is 14.9. The highest BCUT2D eigenvalue weighted by Crippen LogP contribution is 2.36. The van der Waals surface area contributed by atoms with Gasteiger partial charge in [0.15, 0.2) is 0 Å². The number of pyridine rings is 1. The molecule has 3 heterocycles. The summed E-state index contributed by atoms with van der Waals surface area (Å²) >= 11 is 0. The third-order valence-corrected chi connectivity index (χ3v) is 8.14. The van der Waals surface area contributed by atoms with Crippen LogP contribution in [0.25, 0.3) is 0 Å². The second kappa shape index (κ2) is 8.12. The number of amides is 1. The van der Waals surface area contributed by atoms with Crippen molar-refractivity contribution in [3.8, 4) is 0 Å². The number of aromatic nitrogens is 1. The maximum atomic E-state index is 14.9. The molecule has 0 bridgehead atoms. The number of fused-ring (bicyclic) bond motifs is 1. The highest BCUT2D eigenvalue weighted by Gasteiger charge is 2.42. The molecule has 1 aromatic carbocycles. The number of anilines is 1. The van der Waals surface area contributed by atoms with Crippen LogP contribution in [0.3, 0.4) is 0 Å². The lowest BCUT2D eigenvalue weighted by atomic mass is 9.93. The second-order valence-corrected chi connectivity index (χ2v) is 10.3. The van der Waals surface area contributed by atoms with Gasteiger partial charge in [-0.2, -0.15) is 0 Å². The number of carbonyl (C=O) groups excluding carboxylic acids is 1. The summed E-state index contributed by atoms with van der Waals surface area (Å²) < 4.78 is 47.7. The van der Waals surface area contributed by atoms with Gasteiger partial charge in [-0.1, -0.05) is 0 Å². The Morgan fingerprint density at radius 3 is 2.81 bits per heavy atom. The molecule has 32 heavy (non-hydrogen) atoms. The van der Waals surface area contributed by atoms with E-state index in [4.69, 9.17) is 5.73 Å². The number of aliphatic imine (C=N–C) groups is 1. The van der Waals surface area contributed by atoms with Crippen LogP contribution < -0.4 is 11.1 Å². The van der Waals surface area contributed by atoms with E-state index in [0.29, 0.717) is 24.3 Å². The lowest BCUT2D eigenvalue weighted by molar-refractivity contribution is 0.102. The summed E-state index contributed by atoms with van der Waals surface area (Å²) in [7, 11) is -2.88. The first-order chi connectivity index (χ1) is 15.1. The van der Waals surface area contributed by atoms with Gasteiger partial charge in [-0.15, -0.1) is 0 Å². The fourth-order valence-corrected chi connectivity index (χ4v) is 6.50. The number of hydrogen-bond donors (Lipinski definition) is 2. The molecule has 1 aromatic heterocycles. The number of guanidine groups is 1. The molecule has 11 heteroatoms. The molecule has 3 N–H and O–H groups in total. The van der Waals surface area contributed by atoms with E-state index in [1.807, 2.05) is 0 Å². The number of carbonyl (C=O) groups is 1. The summed E-state index contributed by atoms with van der Waals surface area (Å²) in [4.78, 5) is 21.0. The number of hydrogen-bond acceptors (Lipinski definition) is 6. The van der Waals surface area contributed by atoms with Crippen LogP contribution in [0, 0.1) is 18.6 Å². The van der Waals surface area contributed by atoms with Gasteiger partial charge in [-0.3, -0.25) is 9.10 Å². The van der Waals surface area contributed by atoms with E-state index in [0.717, 1.165) is 19.0 Å². The lowest BCUT2D eigenvalue weighted by Gasteiger charge is -2.38. The minimum atomic E-state index is -2.88. The standard InChI is InChI=1S/C21H24F2N6O2S/c1-13-9-14(22)11-25-18(13)19(30)27-15-5-6-17(23)16(10-15)21(2)12-32(31)26-7-3-4-8-29(32)20(24)28-21/h5-6,9-11H,3-4,7-8,12H2,1-2H3,(H2,24,28)(H,27,30)/t21-,32?/m0/s1. The fraction of sp³-hybridized carbons (Fsp3) is 0.381. The third-order valence-electron chi connectivity index (χ3n) is 5.56. The number of rotatable bonds is 3. The second-order valence-electron chi connectivity index (χ2n) is 8.12. The van der Waals surface area contributed by atoms with E-state index in [-0.39, 0.29) is 23.0 Å². The van der Waals surface area contributed by atoms with Gasteiger partial charge in [0.1, 0.15) is 32.8 Å². The Balaban J connectivity index is 1.70. The molecule has 2 aliphatic heterocycles. The minimum absolute atomic E-state index is 0.0202. The van der Waals surface area contributed by atoms with Crippen LogP contribution in [0.1, 0.15) is 41.4 Å². The van der Waals surface area contributed by atoms with Gasteiger partial charge in [0.2, 0.25) is 5.96 Å². The number of aryl methyl sites for hydroxylation is 1. The fourth-order valence-electron chi connectivity index (χ4n) is 4.00. The first-order valence-corrected chi connectivity index (χ1v) is 11.8. The van der Waals surface area contributed by atoms with E-state index in [9.17, 15) is 17.8 Å². The number of benzene rings is 1. The molecule has 0 saturated carbocycles. The Bertz CT molecular complexity index is 1240. The van der Waals surface area contributed by atoms with Crippen LogP contribution in [0.4, 0.5) is 14.5 Å². The van der Waals surface area contributed by atoms with Crippen molar-refractivity contribution < 1.29 is 17.8 Å². The van der Waals surface area contributed by atoms with Crippen molar-refractivity contribution in [1.82, 2.24) is 9.29 Å². The predicted molar refractivity (Wildman–Crippen MR) is 119 cm³/mol. The predicted octanol–water partition coefficient (Wildman–Crippen LogP) is 2.94. The summed E-state index contributed by atoms with van der Waals surface area (Å²) in [5.41, 5.74) is 5.76. The molecular weight excluding hydrogens is 438 g/mol. The average molecular weight is 463 g/mol. The quantitative estimate of drug-likeness (QED) is 0.730. The molecule has 0 radical (unpaired) electrons. The highest BCUT2D eigenvalue weighted by atomic mass is 32.2. The van der Waals surface area contributed by atoms with Gasteiger partial charge in [-0.25, -0.2) is 27.3 Å². The summed E-state index contributed by atoms with van der Waals surface area (Å²) in [6.45, 7) is 4.15. The Kier molecular flexibility index (Phi) is 5.61. The Morgan fingerprint density at radius 1 is 1.28 bits per heavy atom. The van der Waals surface area contributed by atoms with E-state index >= 15 is 0 Å². The summed E-state index contributed by atoms with van der Waals surface area (Å²) in [5.74, 6) is -1.63. The highest BCUT2D eigenvalue weighted by molar-refractivity contribution is 7.92. The molecule has 2 aliphatic rings. The summed E-state index contributed by atoms with van der Waals surface area (Å²) in [6.07, 6.45) is 2.54. The van der Waals surface area contributed by atoms with Crippen LogP contribution in [0.15, 0.2) is 39.8 Å². The van der Waals surface area contributed by atoms with Crippen molar-refractivity contribution in [1.29, 1.82) is 0 Å². The zero-order valence-corrected chi connectivity index (χ0v) is 18.6. The van der Waals surface area contributed by atoms with Crippen LogP contribution in [-0.2, 0) is 15.5 Å². The monoisotopic (exact) mass is 462 g/mol. The van der Waals surface area contributed by atoms with E-state index in [2.05, 4.69) is 19.7 Å². The van der Waals surface area contributed by atoms with Gasteiger partial charge < -0.3 is 11.1 Å². The topological polar surface area (TPSA) is 113 Å². The average Bonchev–Trinajstić information content (AvgIpc) is 2.90. The molecule has 0 spiro atoms. The Hall–Kier alpha value is -3.08. The zero-order valence-electron chi connectivity index (χ0n) is 17.8. The van der Waals surface area contributed by atoms with Gasteiger partial charge in [0.05, 0.1) is 18.5 Å². The van der Waals surface area contributed by atoms with Crippen molar-refractivity contribution in [2.24, 2.45) is 15.1 Å². The van der Waals surface area contributed by atoms with Crippen molar-refractivity contribution >= 4 is 27.5 Å². The summed E-state index contributed by atoms with van der Waals surface area (Å²) in [6, 6.07) is 5.25. The molecule has 8 nitrogen and oxygen atoms in total. The van der Waals surface area contributed by atoms with Gasteiger partial charge in [0, 0.05) is 17.8 Å². The Morgan fingerprint density at radius 2 is 2.06 bits per heavy atom. The van der Waals surface area contributed by atoms with Gasteiger partial charge in [0.25, 0.3) is 5.91 Å². The van der Waals surface area contributed by atoms with E-state index < -0.39 is 33.0 Å². The van der Waals surface area contributed by atoms with Crippen molar-refractivity contribution in [2.75, 3.05) is 24.2 Å². The first kappa shape index (κ1) is 22.1. The number of nitrogens with zero attached hydrogens (tertiary/aromatic N) is 4. The third kappa shape index (κ3) is 4.04. The molecule has 4 rings (SSSR count). The molecule has 2 atom stereocenters. The molecule has 1 amide bonds. The normalized spacial score (nSPS) is 25.2. The maximum Gasteiger partial charge on any atom is 0.274 e. The molecule has 2 aromatic rings. The zero-order chi connectivity index (χ0) is 23.1. The van der Waals surface area contributed by atoms with Crippen LogP contribution >= 0.6 is 0 Å². The first-order valence-electron chi connectivity index (χ1n) is 10.2. The lowest BCUT2D eigenvalue weighted by Crippen LogP contribution is -2.52. The largest absolute Gasteiger partial charge is 0.369 e. The van der Waals surface area contributed by atoms with Crippen LogP contribution in [0.5, 0.6) is 0 Å². The molecule has 0 saturated heterocycles. The number of nitrogens with one attached hydrogen (secondary N) is 1. The van der Waals surface area contributed by atoms with Crippen molar-refractivity contribution in [3.63, 3.8) is 0 Å². The molecule has 170 valence electrons. The SMILES string of the molecule is Cc1cc(F)cnc1C(=O)Nc1ccc(F)c([C@]2(C)CS3(=O)=NCCCCN3C(N)=N2)c1. The Labute approximate surface area is 185 Å². The smallest absolute Gasteiger partial charge is 0.274 e. The van der Waals surface area contributed by atoms with E-state index in [1.54, 1.807) is 13.8 Å². The molecular formula is C21H24F2N6O2S. The van der Waals surface area contributed by atoms with Crippen LogP contribution in [-0.4, -0.2) is 44.2 Å². The molecule has 0 fully saturated rings. The number of nitrogens with two attached hydrogens (primary N) is 1. The number of halogens is 2.